The van der Waals surface area contributed by atoms with Crippen LogP contribution >= 0.6 is 44.0 Å². The van der Waals surface area contributed by atoms with Crippen LogP contribution in [0.5, 0.6) is 5.75 Å². The first-order valence-electron chi connectivity index (χ1n) is 9.89. The van der Waals surface area contributed by atoms with Gasteiger partial charge in [-0.15, -0.1) is 0 Å². The fraction of sp³-hybridized carbons (Fsp3) is 0.0769. The molecule has 0 bridgehead atoms. The van der Waals surface area contributed by atoms with Crippen molar-refractivity contribution < 1.29 is 4.74 Å². The van der Waals surface area contributed by atoms with Gasteiger partial charge in [-0.25, -0.2) is 0 Å². The van der Waals surface area contributed by atoms with Gasteiger partial charge in [0.05, 0.1) is 0 Å². The fourth-order valence-corrected chi connectivity index (χ4v) is 12.5. The van der Waals surface area contributed by atoms with E-state index in [1.165, 1.54) is 15.9 Å². The van der Waals surface area contributed by atoms with Gasteiger partial charge < -0.3 is 0 Å². The molecule has 0 heterocycles. The Hall–Kier alpha value is -1.83. The molecule has 0 amide bonds. The monoisotopic (exact) mass is 530 g/mol. The van der Waals surface area contributed by atoms with Crippen molar-refractivity contribution in [2.45, 2.75) is 6.16 Å². The molecule has 4 rings (SSSR count). The Morgan fingerprint density at radius 3 is 1.35 bits per heavy atom. The Morgan fingerprint density at radius 1 is 0.677 bits per heavy atom. The summed E-state index contributed by atoms with van der Waals surface area (Å²) >= 11 is 18.0. The van der Waals surface area contributed by atoms with Gasteiger partial charge in [0.15, 0.2) is 0 Å². The van der Waals surface area contributed by atoms with E-state index in [2.05, 4.69) is 88.3 Å². The molecule has 0 saturated heterocycles. The number of ether oxygens (including phenoxy) is 1. The van der Waals surface area contributed by atoms with Crippen molar-refractivity contribution >= 4 is 59.9 Å². The van der Waals surface area contributed by atoms with Crippen LogP contribution in [0.25, 0.3) is 0 Å². The van der Waals surface area contributed by atoms with Crippen molar-refractivity contribution in [3.63, 3.8) is 0 Å². The zero-order chi connectivity index (χ0) is 21.9. The van der Waals surface area contributed by atoms with Gasteiger partial charge in [-0.05, 0) is 0 Å². The van der Waals surface area contributed by atoms with Gasteiger partial charge in [-0.1, -0.05) is 0 Å². The van der Waals surface area contributed by atoms with Crippen LogP contribution in [0.3, 0.4) is 0 Å². The first-order chi connectivity index (χ1) is 15.0. The van der Waals surface area contributed by atoms with Gasteiger partial charge >= 0.3 is 202 Å². The van der Waals surface area contributed by atoms with Crippen LogP contribution in [0.4, 0.5) is 0 Å². The van der Waals surface area contributed by atoms with Crippen molar-refractivity contribution in [2.24, 2.45) is 0 Å². The molecular formula is C26H22BrCl2OP. The zero-order valence-corrected chi connectivity index (χ0v) is 21.0. The Morgan fingerprint density at radius 2 is 1.03 bits per heavy atom. The molecule has 0 saturated carbocycles. The van der Waals surface area contributed by atoms with E-state index in [0.29, 0.717) is 22.0 Å². The van der Waals surface area contributed by atoms with Gasteiger partial charge in [0.25, 0.3) is 0 Å². The third-order valence-electron chi connectivity index (χ3n) is 5.69. The normalized spacial score (nSPS) is 12.7. The quantitative estimate of drug-likeness (QED) is 0.236. The number of halogens is 3. The maximum atomic E-state index is 6.78. The maximum absolute atomic E-state index is 6.78. The Bertz CT molecular complexity index is 1060. The molecule has 0 aliphatic rings. The molecule has 0 unspecified atom stereocenters. The zero-order valence-electron chi connectivity index (χ0n) is 17.0. The summed E-state index contributed by atoms with van der Waals surface area (Å²) in [7, 11) is 1.62. The van der Waals surface area contributed by atoms with Crippen molar-refractivity contribution in [3.8, 4) is 5.75 Å². The van der Waals surface area contributed by atoms with Crippen molar-refractivity contribution in [1.82, 2.24) is 0 Å². The van der Waals surface area contributed by atoms with E-state index >= 15 is 0 Å². The van der Waals surface area contributed by atoms with Gasteiger partial charge in [0, 0.05) is 0 Å². The van der Waals surface area contributed by atoms with Crippen LogP contribution in [0.2, 0.25) is 10.0 Å². The molecule has 0 spiro atoms. The average molecular weight is 532 g/mol. The molecule has 0 aromatic heterocycles. The summed E-state index contributed by atoms with van der Waals surface area (Å²) in [6.07, 6.45) is 0.630. The van der Waals surface area contributed by atoms with Gasteiger partial charge in [0.2, 0.25) is 0 Å². The Labute approximate surface area is 201 Å². The summed E-state index contributed by atoms with van der Waals surface area (Å²) in [5.41, 5.74) is 0.898. The number of methoxy groups -OCH3 is 1. The summed E-state index contributed by atoms with van der Waals surface area (Å²) in [5, 5.41) is 1.67. The minimum atomic E-state index is -3.17. The predicted octanol–water partition coefficient (Wildman–Crippen LogP) is 7.34. The van der Waals surface area contributed by atoms with Crippen LogP contribution < -0.4 is 20.7 Å². The molecule has 31 heavy (non-hydrogen) atoms. The Kier molecular flexibility index (Phi) is 6.47. The minimum absolute atomic E-state index is 0.598. The van der Waals surface area contributed by atoms with E-state index in [1.807, 2.05) is 30.3 Å². The van der Waals surface area contributed by atoms with Crippen LogP contribution in [-0.4, -0.2) is 7.11 Å². The van der Waals surface area contributed by atoms with E-state index in [-0.39, 0.29) is 0 Å². The van der Waals surface area contributed by atoms with Crippen LogP contribution in [0.15, 0.2) is 103 Å². The molecule has 0 N–H and O–H groups in total. The summed E-state index contributed by atoms with van der Waals surface area (Å²) in [6, 6.07) is 35.5. The molecule has 5 heteroatoms. The second-order valence-electron chi connectivity index (χ2n) is 7.42. The standard InChI is InChI=1S/C26H22BrCl2OP/c1-30-20-17-25(28)24(26(29)18-20)19-31(27,21-11-5-2-6-12-21,22-13-7-3-8-14-22)23-15-9-4-10-16-23/h2-18H,19H2,1H3. The molecule has 0 atom stereocenters. The number of hydrogen-bond donors (Lipinski definition) is 0. The molecule has 0 aliphatic carbocycles. The van der Waals surface area contributed by atoms with E-state index < -0.39 is 5.31 Å². The molecule has 0 aliphatic heterocycles. The van der Waals surface area contributed by atoms with Gasteiger partial charge in [0.1, 0.15) is 0 Å². The second-order valence-corrected chi connectivity index (χ2v) is 17.2. The molecule has 0 fully saturated rings. The topological polar surface area (TPSA) is 9.23 Å². The molecule has 4 aromatic carbocycles. The van der Waals surface area contributed by atoms with E-state index in [4.69, 9.17) is 27.9 Å². The molecule has 4 aromatic rings. The number of rotatable bonds is 6. The molecule has 1 nitrogen and oxygen atoms in total. The fourth-order valence-electron chi connectivity index (χ4n) is 4.08. The van der Waals surface area contributed by atoms with Crippen molar-refractivity contribution in [3.05, 3.63) is 119 Å². The summed E-state index contributed by atoms with van der Waals surface area (Å²) < 4.78 is 5.37. The molecular weight excluding hydrogens is 510 g/mol. The van der Waals surface area contributed by atoms with E-state index in [0.717, 1.165) is 5.56 Å². The first kappa shape index (κ1) is 22.4. The Balaban J connectivity index is 2.10. The molecule has 0 radical (unpaired) electrons. The number of hydrogen-bond acceptors (Lipinski definition) is 1. The molecule has 158 valence electrons. The summed E-state index contributed by atoms with van der Waals surface area (Å²) in [4.78, 5) is 0. The van der Waals surface area contributed by atoms with Gasteiger partial charge in [-0.2, -0.15) is 0 Å². The van der Waals surface area contributed by atoms with Gasteiger partial charge in [-0.3, -0.25) is 0 Å². The second kappa shape index (κ2) is 8.96. The third-order valence-corrected chi connectivity index (χ3v) is 15.8. The van der Waals surface area contributed by atoms with Crippen LogP contribution in [0.1, 0.15) is 5.56 Å². The van der Waals surface area contributed by atoms with E-state index in [9.17, 15) is 0 Å². The first-order valence-corrected chi connectivity index (χ1v) is 15.1. The van der Waals surface area contributed by atoms with Crippen LogP contribution in [0, 0.1) is 0 Å². The summed E-state index contributed by atoms with van der Waals surface area (Å²) in [5.74, 6) is 0.646. The predicted molar refractivity (Wildman–Crippen MR) is 141 cm³/mol. The third kappa shape index (κ3) is 3.92. The number of benzene rings is 4. The average Bonchev–Trinajstić information content (AvgIpc) is 2.83. The van der Waals surface area contributed by atoms with E-state index in [1.54, 1.807) is 7.11 Å². The van der Waals surface area contributed by atoms with Crippen molar-refractivity contribution in [2.75, 3.05) is 7.11 Å². The van der Waals surface area contributed by atoms with Crippen molar-refractivity contribution in [1.29, 1.82) is 0 Å². The van der Waals surface area contributed by atoms with Crippen LogP contribution in [-0.2, 0) is 6.16 Å². The summed E-state index contributed by atoms with van der Waals surface area (Å²) in [6.45, 7) is 0. The SMILES string of the molecule is COc1cc(Cl)c(CP(Br)(c2ccccc2)(c2ccccc2)c2ccccc2)c(Cl)c1.